The number of nitrogens with zero attached hydrogens (tertiary/aromatic N) is 5. The summed E-state index contributed by atoms with van der Waals surface area (Å²) in [6.45, 7) is 7.66. The molecule has 0 aliphatic heterocycles. The number of benzene rings is 1. The fourth-order valence-corrected chi connectivity index (χ4v) is 5.92. The average molecular weight is 538 g/mol. The summed E-state index contributed by atoms with van der Waals surface area (Å²) < 4.78 is 4.24. The quantitative estimate of drug-likeness (QED) is 0.207. The van der Waals surface area contributed by atoms with E-state index in [-0.39, 0.29) is 0 Å². The van der Waals surface area contributed by atoms with Gasteiger partial charge in [0.15, 0.2) is 0 Å². The van der Waals surface area contributed by atoms with E-state index in [0.29, 0.717) is 12.5 Å². The van der Waals surface area contributed by atoms with Gasteiger partial charge in [-0.15, -0.1) is 0 Å². The van der Waals surface area contributed by atoms with Crippen molar-refractivity contribution in [2.24, 2.45) is 11.8 Å². The fraction of sp³-hybridized carbons (Fsp3) is 0.364. The highest BCUT2D eigenvalue weighted by atomic mass is 32.1. The third kappa shape index (κ3) is 6.93. The Labute approximate surface area is 237 Å². The number of rotatable bonds is 10. The lowest BCUT2D eigenvalue weighted by atomic mass is 9.81. The minimum absolute atomic E-state index is 0.485. The molecule has 3 heterocycles. The summed E-state index contributed by atoms with van der Waals surface area (Å²) in [4.78, 5) is 15.4. The molecule has 0 N–H and O–H groups in total. The van der Waals surface area contributed by atoms with Crippen LogP contribution in [0.3, 0.4) is 0 Å². The molecule has 0 atom stereocenters. The van der Waals surface area contributed by atoms with Crippen LogP contribution in [0, 0.1) is 11.8 Å². The molecule has 1 aliphatic rings. The second kappa shape index (κ2) is 12.6. The van der Waals surface area contributed by atoms with Gasteiger partial charge < -0.3 is 9.80 Å². The van der Waals surface area contributed by atoms with E-state index in [2.05, 4.69) is 96.4 Å². The number of aryl methyl sites for hydroxylation is 2. The Morgan fingerprint density at radius 3 is 2.33 bits per heavy atom. The first-order valence-corrected chi connectivity index (χ1v) is 14.8. The molecule has 4 aromatic rings. The minimum atomic E-state index is 0.485. The number of allylic oxidation sites excluding steroid dienone is 1. The molecule has 0 bridgehead atoms. The summed E-state index contributed by atoms with van der Waals surface area (Å²) in [6.07, 6.45) is 12.7. The molecule has 0 radical (unpaired) electrons. The molecule has 1 saturated carbocycles. The molecule has 0 amide bonds. The van der Waals surface area contributed by atoms with Crippen molar-refractivity contribution < 1.29 is 0 Å². The van der Waals surface area contributed by atoms with E-state index in [9.17, 15) is 0 Å². The Balaban J connectivity index is 1.36. The molecule has 202 valence electrons. The van der Waals surface area contributed by atoms with E-state index in [1.165, 1.54) is 53.1 Å². The maximum Gasteiger partial charge on any atom is 0.133 e. The molecule has 0 spiro atoms. The van der Waals surface area contributed by atoms with Crippen LogP contribution in [0.25, 0.3) is 11.1 Å². The highest BCUT2D eigenvalue weighted by Gasteiger charge is 2.25. The smallest absolute Gasteiger partial charge is 0.133 e. The van der Waals surface area contributed by atoms with Gasteiger partial charge in [0.25, 0.3) is 0 Å². The van der Waals surface area contributed by atoms with Crippen LogP contribution >= 0.6 is 11.5 Å². The predicted molar refractivity (Wildman–Crippen MR) is 164 cm³/mol. The summed E-state index contributed by atoms with van der Waals surface area (Å²) in [5, 5.41) is 0. The monoisotopic (exact) mass is 537 g/mol. The zero-order valence-corrected chi connectivity index (χ0v) is 24.2. The van der Waals surface area contributed by atoms with Crippen molar-refractivity contribution in [2.45, 2.75) is 52.0 Å². The number of anilines is 2. The Bertz CT molecular complexity index is 1340. The SMILES string of the molecule is C=C(C1CCC(C)CC1)N(Cc1ccc(-c2ccc(N(C)C)cc2)cn1)c1cc(CCc2ccns2)ccn1. The van der Waals surface area contributed by atoms with E-state index >= 15 is 0 Å². The molecule has 5 nitrogen and oxygen atoms in total. The van der Waals surface area contributed by atoms with Gasteiger partial charge in [-0.25, -0.2) is 9.36 Å². The van der Waals surface area contributed by atoms with Crippen molar-refractivity contribution in [1.82, 2.24) is 14.3 Å². The zero-order chi connectivity index (χ0) is 27.2. The second-order valence-electron chi connectivity index (χ2n) is 11.0. The molecule has 0 saturated heterocycles. The molecular weight excluding hydrogens is 498 g/mol. The first-order valence-electron chi connectivity index (χ1n) is 14.0. The maximum absolute atomic E-state index is 4.88. The molecule has 1 fully saturated rings. The average Bonchev–Trinajstić information content (AvgIpc) is 3.49. The minimum Gasteiger partial charge on any atom is -0.378 e. The van der Waals surface area contributed by atoms with Gasteiger partial charge in [0, 0.05) is 54.5 Å². The van der Waals surface area contributed by atoms with E-state index in [4.69, 9.17) is 9.97 Å². The van der Waals surface area contributed by atoms with Crippen LogP contribution in [0.15, 0.2) is 85.5 Å². The first-order chi connectivity index (χ1) is 19.0. The number of hydrogen-bond donors (Lipinski definition) is 0. The van der Waals surface area contributed by atoms with Gasteiger partial charge in [-0.3, -0.25) is 4.98 Å². The van der Waals surface area contributed by atoms with Crippen molar-refractivity contribution >= 4 is 23.0 Å². The van der Waals surface area contributed by atoms with E-state index in [1.54, 1.807) is 11.5 Å². The van der Waals surface area contributed by atoms with Gasteiger partial charge >= 0.3 is 0 Å². The van der Waals surface area contributed by atoms with Crippen molar-refractivity contribution in [3.63, 3.8) is 0 Å². The van der Waals surface area contributed by atoms with Crippen LogP contribution in [0.2, 0.25) is 0 Å². The molecule has 3 aromatic heterocycles. The molecule has 6 heteroatoms. The Kier molecular flexibility index (Phi) is 8.72. The fourth-order valence-electron chi connectivity index (χ4n) is 5.35. The lowest BCUT2D eigenvalue weighted by molar-refractivity contribution is 0.316. The maximum atomic E-state index is 4.88. The topological polar surface area (TPSA) is 45.2 Å². The largest absolute Gasteiger partial charge is 0.378 e. The van der Waals surface area contributed by atoms with Crippen molar-refractivity contribution in [3.05, 3.63) is 102 Å². The zero-order valence-electron chi connectivity index (χ0n) is 23.4. The van der Waals surface area contributed by atoms with E-state index in [1.807, 2.05) is 18.6 Å². The molecule has 5 rings (SSSR count). The Hall–Kier alpha value is -3.51. The van der Waals surface area contributed by atoms with Crippen LogP contribution in [-0.2, 0) is 19.4 Å². The van der Waals surface area contributed by atoms with Crippen molar-refractivity contribution in [3.8, 4) is 11.1 Å². The molecule has 1 aromatic carbocycles. The highest BCUT2D eigenvalue weighted by Crippen LogP contribution is 2.36. The van der Waals surface area contributed by atoms with Gasteiger partial charge in [-0.1, -0.05) is 44.5 Å². The summed E-state index contributed by atoms with van der Waals surface area (Å²) >= 11 is 1.58. The lowest BCUT2D eigenvalue weighted by Crippen LogP contribution is -2.29. The van der Waals surface area contributed by atoms with Crippen LogP contribution in [0.4, 0.5) is 11.5 Å². The normalized spacial score (nSPS) is 17.1. The van der Waals surface area contributed by atoms with E-state index in [0.717, 1.165) is 35.8 Å². The van der Waals surface area contributed by atoms with Gasteiger partial charge in [0.2, 0.25) is 0 Å². The lowest BCUT2D eigenvalue weighted by Gasteiger charge is -2.34. The van der Waals surface area contributed by atoms with Gasteiger partial charge in [0.05, 0.1) is 12.2 Å². The summed E-state index contributed by atoms with van der Waals surface area (Å²) in [5.74, 6) is 2.25. The number of hydrogen-bond acceptors (Lipinski definition) is 6. The van der Waals surface area contributed by atoms with Crippen LogP contribution in [-0.4, -0.2) is 28.4 Å². The van der Waals surface area contributed by atoms with Crippen molar-refractivity contribution in [2.75, 3.05) is 23.9 Å². The third-order valence-electron chi connectivity index (χ3n) is 7.93. The third-order valence-corrected chi connectivity index (χ3v) is 8.74. The number of pyridine rings is 2. The number of aromatic nitrogens is 3. The molecule has 1 aliphatic carbocycles. The predicted octanol–water partition coefficient (Wildman–Crippen LogP) is 7.80. The Morgan fingerprint density at radius 2 is 1.67 bits per heavy atom. The van der Waals surface area contributed by atoms with Gasteiger partial charge in [-0.05, 0) is 96.6 Å². The van der Waals surface area contributed by atoms with E-state index < -0.39 is 0 Å². The van der Waals surface area contributed by atoms with Crippen molar-refractivity contribution in [1.29, 1.82) is 0 Å². The standard InChI is InChI=1S/C33H39N5S/c1-24-5-8-27(9-6-24)25(2)38(33-21-26(17-19-34-33)7-16-32-18-20-36-39-32)23-30-13-10-29(22-35-30)28-11-14-31(15-12-28)37(3)4/h10-15,17-22,24,27H,2,5-9,16,23H2,1,3-4H3. The van der Waals surface area contributed by atoms with Gasteiger partial charge in [-0.2, -0.15) is 0 Å². The van der Waals surface area contributed by atoms with Gasteiger partial charge in [0.1, 0.15) is 5.82 Å². The second-order valence-corrected chi connectivity index (χ2v) is 11.9. The highest BCUT2D eigenvalue weighted by molar-refractivity contribution is 7.05. The first kappa shape index (κ1) is 27.1. The Morgan fingerprint density at radius 1 is 0.897 bits per heavy atom. The molecule has 39 heavy (non-hydrogen) atoms. The van der Waals surface area contributed by atoms with Crippen LogP contribution < -0.4 is 9.80 Å². The van der Waals surface area contributed by atoms with Crippen LogP contribution in [0.1, 0.15) is 48.7 Å². The van der Waals surface area contributed by atoms with Crippen LogP contribution in [0.5, 0.6) is 0 Å². The molecule has 0 unspecified atom stereocenters. The summed E-state index contributed by atoms with van der Waals surface area (Å²) in [6, 6.07) is 19.4. The summed E-state index contributed by atoms with van der Waals surface area (Å²) in [7, 11) is 4.12. The summed E-state index contributed by atoms with van der Waals surface area (Å²) in [5.41, 5.74) is 6.96. The molecular formula is C33H39N5S.